The van der Waals surface area contributed by atoms with Crippen LogP contribution in [0.4, 0.5) is 5.82 Å². The van der Waals surface area contributed by atoms with Crippen molar-refractivity contribution in [1.29, 1.82) is 0 Å². The number of carboxylic acids is 1. The zero-order valence-electron chi connectivity index (χ0n) is 9.39. The zero-order valence-corrected chi connectivity index (χ0v) is 9.39. The fourth-order valence-corrected chi connectivity index (χ4v) is 1.55. The average Bonchev–Trinajstić information content (AvgIpc) is 2.75. The average molecular weight is 261 g/mol. The summed E-state index contributed by atoms with van der Waals surface area (Å²) in [5.41, 5.74) is -0.157. The summed E-state index contributed by atoms with van der Waals surface area (Å²) in [6.07, 6.45) is 2.74. The molecule has 0 aliphatic rings. The number of rotatable bonds is 4. The number of ketones is 1. The number of fused-ring (bicyclic) bond motifs is 1. The lowest BCUT2D eigenvalue weighted by molar-refractivity contribution is -0.390. The van der Waals surface area contributed by atoms with E-state index in [-0.39, 0.29) is 5.65 Å². The fourth-order valence-electron chi connectivity index (χ4n) is 1.55. The number of pyridine rings is 1. The van der Waals surface area contributed by atoms with Crippen LogP contribution in [-0.4, -0.2) is 31.2 Å². The second-order valence-electron chi connectivity index (χ2n) is 3.51. The predicted molar refractivity (Wildman–Crippen MR) is 63.0 cm³/mol. The van der Waals surface area contributed by atoms with E-state index in [2.05, 4.69) is 4.98 Å². The summed E-state index contributed by atoms with van der Waals surface area (Å²) < 4.78 is 1.15. The largest absolute Gasteiger partial charge is 0.478 e. The topological polar surface area (TPSA) is 115 Å². The molecule has 2 aromatic heterocycles. The summed E-state index contributed by atoms with van der Waals surface area (Å²) in [5.74, 6) is -2.65. The number of carbonyl (C=O) groups excluding carboxylic acids is 1. The Hall–Kier alpha value is -3.03. The lowest BCUT2D eigenvalue weighted by atomic mass is 10.2. The summed E-state index contributed by atoms with van der Waals surface area (Å²) in [6.45, 7) is 0. The molecule has 2 rings (SSSR count). The Morgan fingerprint density at radius 3 is 2.74 bits per heavy atom. The molecule has 8 nitrogen and oxygen atoms in total. The highest BCUT2D eigenvalue weighted by Gasteiger charge is 2.26. The number of nitrogens with zero attached hydrogens (tertiary/aromatic N) is 3. The van der Waals surface area contributed by atoms with Crippen molar-refractivity contribution in [2.24, 2.45) is 0 Å². The molecule has 0 fully saturated rings. The van der Waals surface area contributed by atoms with Gasteiger partial charge in [0.15, 0.2) is 0 Å². The van der Waals surface area contributed by atoms with E-state index in [0.717, 1.165) is 10.5 Å². The van der Waals surface area contributed by atoms with Gasteiger partial charge in [0, 0.05) is 12.1 Å². The number of carboxylic acid groups (broad SMARTS) is 1. The minimum absolute atomic E-state index is 0.237. The van der Waals surface area contributed by atoms with E-state index in [1.165, 1.54) is 12.3 Å². The standard InChI is InChI=1S/C11H7N3O5/c15-7(4-5-9(16)17)10-11(14(18)19)13-6-2-1-3-8(13)12-10/h1-6H,(H,16,17)/b5-4+. The molecule has 0 unspecified atom stereocenters. The molecule has 0 spiro atoms. The van der Waals surface area contributed by atoms with Crippen molar-refractivity contribution < 1.29 is 19.6 Å². The quantitative estimate of drug-likeness (QED) is 0.381. The van der Waals surface area contributed by atoms with Crippen molar-refractivity contribution in [2.75, 3.05) is 0 Å². The maximum absolute atomic E-state index is 11.7. The van der Waals surface area contributed by atoms with Crippen LogP contribution in [0.1, 0.15) is 10.5 Å². The van der Waals surface area contributed by atoms with Gasteiger partial charge in [0.2, 0.25) is 17.1 Å². The normalized spacial score (nSPS) is 10.9. The van der Waals surface area contributed by atoms with Crippen molar-refractivity contribution in [3.63, 3.8) is 0 Å². The summed E-state index contributed by atoms with van der Waals surface area (Å²) >= 11 is 0. The fraction of sp³-hybridized carbons (Fsp3) is 0. The molecule has 0 aliphatic carbocycles. The molecule has 1 N–H and O–H groups in total. The molecule has 0 bridgehead atoms. The van der Waals surface area contributed by atoms with Gasteiger partial charge in [-0.15, -0.1) is 0 Å². The zero-order chi connectivity index (χ0) is 14.0. The highest BCUT2D eigenvalue weighted by Crippen LogP contribution is 2.21. The number of allylic oxidation sites excluding steroid dienone is 1. The highest BCUT2D eigenvalue weighted by atomic mass is 16.6. The van der Waals surface area contributed by atoms with E-state index < -0.39 is 28.2 Å². The van der Waals surface area contributed by atoms with Crippen LogP contribution in [0.25, 0.3) is 5.65 Å². The number of nitro groups is 1. The lowest BCUT2D eigenvalue weighted by Gasteiger charge is -1.94. The number of aliphatic carboxylic acids is 1. The smallest absolute Gasteiger partial charge is 0.359 e. The van der Waals surface area contributed by atoms with Crippen molar-refractivity contribution >= 4 is 23.2 Å². The molecule has 0 aliphatic heterocycles. The Morgan fingerprint density at radius 2 is 2.11 bits per heavy atom. The van der Waals surface area contributed by atoms with Gasteiger partial charge in [-0.3, -0.25) is 4.79 Å². The van der Waals surface area contributed by atoms with Gasteiger partial charge in [-0.25, -0.2) is 4.79 Å². The van der Waals surface area contributed by atoms with Gasteiger partial charge in [-0.2, -0.15) is 9.38 Å². The molecule has 0 saturated heterocycles. The second kappa shape index (κ2) is 4.69. The van der Waals surface area contributed by atoms with E-state index in [0.29, 0.717) is 6.08 Å². The number of imidazole rings is 1. The molecule has 0 amide bonds. The molecule has 2 aromatic rings. The Kier molecular flexibility index (Phi) is 3.06. The Bertz CT molecular complexity index is 716. The molecule has 0 saturated carbocycles. The van der Waals surface area contributed by atoms with Crippen LogP contribution in [0, 0.1) is 10.1 Å². The first-order chi connectivity index (χ1) is 9.00. The Labute approximate surface area is 105 Å². The van der Waals surface area contributed by atoms with Crippen molar-refractivity contribution in [3.8, 4) is 0 Å². The highest BCUT2D eigenvalue weighted by molar-refractivity contribution is 6.08. The molecule has 0 radical (unpaired) electrons. The van der Waals surface area contributed by atoms with Crippen LogP contribution in [-0.2, 0) is 4.79 Å². The maximum Gasteiger partial charge on any atom is 0.359 e. The van der Waals surface area contributed by atoms with Gasteiger partial charge in [0.05, 0.1) is 6.20 Å². The summed E-state index contributed by atoms with van der Waals surface area (Å²) in [5, 5.41) is 19.4. The summed E-state index contributed by atoms with van der Waals surface area (Å²) in [6, 6.07) is 4.68. The van der Waals surface area contributed by atoms with Crippen LogP contribution in [0.5, 0.6) is 0 Å². The molecule has 19 heavy (non-hydrogen) atoms. The van der Waals surface area contributed by atoms with Gasteiger partial charge < -0.3 is 15.2 Å². The summed E-state index contributed by atoms with van der Waals surface area (Å²) in [4.78, 5) is 36.1. The molecule has 0 atom stereocenters. The third-order valence-electron chi connectivity index (χ3n) is 2.29. The van der Waals surface area contributed by atoms with E-state index in [1.807, 2.05) is 0 Å². The summed E-state index contributed by atoms with van der Waals surface area (Å²) in [7, 11) is 0. The third-order valence-corrected chi connectivity index (χ3v) is 2.29. The molecule has 8 heteroatoms. The third kappa shape index (κ3) is 2.32. The predicted octanol–water partition coefficient (Wildman–Crippen LogP) is 1.07. The molecular weight excluding hydrogens is 254 g/mol. The van der Waals surface area contributed by atoms with Crippen LogP contribution >= 0.6 is 0 Å². The van der Waals surface area contributed by atoms with E-state index in [4.69, 9.17) is 5.11 Å². The monoisotopic (exact) mass is 261 g/mol. The van der Waals surface area contributed by atoms with Gasteiger partial charge >= 0.3 is 11.8 Å². The van der Waals surface area contributed by atoms with Crippen LogP contribution in [0.15, 0.2) is 36.5 Å². The van der Waals surface area contributed by atoms with Crippen LogP contribution in [0.2, 0.25) is 0 Å². The van der Waals surface area contributed by atoms with Gasteiger partial charge in [-0.05, 0) is 17.1 Å². The van der Waals surface area contributed by atoms with Crippen molar-refractivity contribution in [2.45, 2.75) is 0 Å². The first-order valence-electron chi connectivity index (χ1n) is 5.07. The number of aromatic nitrogens is 2. The number of hydrogen-bond donors (Lipinski definition) is 1. The number of carbonyl (C=O) groups is 2. The first-order valence-corrected chi connectivity index (χ1v) is 5.07. The minimum atomic E-state index is -1.32. The van der Waals surface area contributed by atoms with E-state index in [9.17, 15) is 19.7 Å². The van der Waals surface area contributed by atoms with Gasteiger partial charge in [0.1, 0.15) is 0 Å². The second-order valence-corrected chi connectivity index (χ2v) is 3.51. The van der Waals surface area contributed by atoms with Gasteiger partial charge in [-0.1, -0.05) is 6.07 Å². The minimum Gasteiger partial charge on any atom is -0.478 e. The van der Waals surface area contributed by atoms with Crippen molar-refractivity contribution in [1.82, 2.24) is 9.38 Å². The Balaban J connectivity index is 2.60. The van der Waals surface area contributed by atoms with Crippen molar-refractivity contribution in [3.05, 3.63) is 52.4 Å². The molecular formula is C11H7N3O5. The SMILES string of the molecule is O=C(O)/C=C/C(=O)c1nc2ccccn2c1[N+](=O)[O-]. The van der Waals surface area contributed by atoms with Gasteiger partial charge in [0.25, 0.3) is 0 Å². The molecule has 96 valence electrons. The molecule has 2 heterocycles. The Morgan fingerprint density at radius 1 is 1.37 bits per heavy atom. The number of hydrogen-bond acceptors (Lipinski definition) is 5. The van der Waals surface area contributed by atoms with E-state index in [1.54, 1.807) is 12.1 Å². The molecule has 0 aromatic carbocycles. The van der Waals surface area contributed by atoms with Crippen LogP contribution < -0.4 is 0 Å². The lowest BCUT2D eigenvalue weighted by Crippen LogP contribution is -2.03. The van der Waals surface area contributed by atoms with E-state index >= 15 is 0 Å². The first kappa shape index (κ1) is 12.4. The van der Waals surface area contributed by atoms with Crippen LogP contribution in [0.3, 0.4) is 0 Å². The maximum atomic E-state index is 11.7.